The fraction of sp³-hybridized carbons (Fsp3) is 0.333. The molecule has 0 unspecified atom stereocenters. The summed E-state index contributed by atoms with van der Waals surface area (Å²) in [4.78, 5) is 17.1. The lowest BCUT2D eigenvalue weighted by Crippen LogP contribution is -2.28. The second kappa shape index (κ2) is 4.55. The van der Waals surface area contributed by atoms with Crippen molar-refractivity contribution in [1.82, 2.24) is 4.98 Å². The van der Waals surface area contributed by atoms with E-state index in [1.165, 1.54) is 0 Å². The van der Waals surface area contributed by atoms with Gasteiger partial charge in [0, 0.05) is 17.5 Å². The Labute approximate surface area is 119 Å². The number of aromatic nitrogens is 1. The van der Waals surface area contributed by atoms with Crippen molar-refractivity contribution < 1.29 is 4.79 Å². The zero-order chi connectivity index (χ0) is 14.3. The second-order valence-corrected chi connectivity index (χ2v) is 6.45. The molecule has 20 heavy (non-hydrogen) atoms. The van der Waals surface area contributed by atoms with Crippen molar-refractivity contribution in [3.63, 3.8) is 0 Å². The van der Waals surface area contributed by atoms with Gasteiger partial charge in [-0.2, -0.15) is 0 Å². The van der Waals surface area contributed by atoms with E-state index in [0.29, 0.717) is 6.42 Å². The van der Waals surface area contributed by atoms with E-state index in [4.69, 9.17) is 4.98 Å². The molecule has 0 atom stereocenters. The number of rotatable bonds is 1. The van der Waals surface area contributed by atoms with Crippen LogP contribution in [0.4, 0.5) is 0 Å². The minimum atomic E-state index is 0.0127. The lowest BCUT2D eigenvalue weighted by atomic mass is 9.74. The average Bonchev–Trinajstić information content (AvgIpc) is 2.37. The number of fused-ring (bicyclic) bond motifs is 1. The van der Waals surface area contributed by atoms with Gasteiger partial charge in [0.15, 0.2) is 5.78 Å². The third-order valence-corrected chi connectivity index (χ3v) is 3.93. The fourth-order valence-corrected chi connectivity index (χ4v) is 3.04. The van der Waals surface area contributed by atoms with Gasteiger partial charge in [-0.1, -0.05) is 44.2 Å². The molecule has 0 bridgehead atoms. The van der Waals surface area contributed by atoms with Crippen molar-refractivity contribution in [3.05, 3.63) is 53.2 Å². The van der Waals surface area contributed by atoms with E-state index in [1.807, 2.05) is 31.2 Å². The van der Waals surface area contributed by atoms with Gasteiger partial charge in [-0.3, -0.25) is 9.78 Å². The number of aryl methyl sites for hydroxylation is 1. The SMILES string of the molecule is Cc1cc(-c2ccccc2)nc2c1C(=O)CC(C)(C)C2. The van der Waals surface area contributed by atoms with Crippen LogP contribution in [0.25, 0.3) is 11.3 Å². The summed E-state index contributed by atoms with van der Waals surface area (Å²) in [5, 5.41) is 0. The normalized spacial score (nSPS) is 16.9. The van der Waals surface area contributed by atoms with Crippen molar-refractivity contribution in [1.29, 1.82) is 0 Å². The van der Waals surface area contributed by atoms with Gasteiger partial charge >= 0.3 is 0 Å². The number of hydrogen-bond acceptors (Lipinski definition) is 2. The van der Waals surface area contributed by atoms with Gasteiger partial charge in [0.1, 0.15) is 0 Å². The summed E-state index contributed by atoms with van der Waals surface area (Å²) in [6, 6.07) is 12.2. The Hall–Kier alpha value is -1.96. The number of carbonyl (C=O) groups is 1. The maximum Gasteiger partial charge on any atom is 0.165 e. The van der Waals surface area contributed by atoms with E-state index >= 15 is 0 Å². The van der Waals surface area contributed by atoms with E-state index in [1.54, 1.807) is 0 Å². The minimum absolute atomic E-state index is 0.0127. The van der Waals surface area contributed by atoms with Crippen LogP contribution < -0.4 is 0 Å². The van der Waals surface area contributed by atoms with Crippen LogP contribution in [-0.2, 0) is 6.42 Å². The molecule has 1 heterocycles. The summed E-state index contributed by atoms with van der Waals surface area (Å²) in [5.74, 6) is 0.237. The molecule has 3 rings (SSSR count). The Morgan fingerprint density at radius 3 is 2.50 bits per heavy atom. The zero-order valence-corrected chi connectivity index (χ0v) is 12.2. The number of pyridine rings is 1. The molecule has 0 N–H and O–H groups in total. The van der Waals surface area contributed by atoms with Gasteiger partial charge in [-0.15, -0.1) is 0 Å². The third-order valence-electron chi connectivity index (χ3n) is 3.93. The monoisotopic (exact) mass is 265 g/mol. The molecule has 0 spiro atoms. The molecule has 0 aliphatic heterocycles. The fourth-order valence-electron chi connectivity index (χ4n) is 3.04. The van der Waals surface area contributed by atoms with Crippen LogP contribution >= 0.6 is 0 Å². The van der Waals surface area contributed by atoms with Crippen LogP contribution in [-0.4, -0.2) is 10.8 Å². The number of nitrogens with zero attached hydrogens (tertiary/aromatic N) is 1. The molecular weight excluding hydrogens is 246 g/mol. The van der Waals surface area contributed by atoms with Crippen molar-refractivity contribution in [2.24, 2.45) is 5.41 Å². The van der Waals surface area contributed by atoms with Crippen molar-refractivity contribution in [2.75, 3.05) is 0 Å². The molecule has 1 aromatic heterocycles. The van der Waals surface area contributed by atoms with E-state index in [2.05, 4.69) is 26.0 Å². The lowest BCUT2D eigenvalue weighted by molar-refractivity contribution is 0.0909. The van der Waals surface area contributed by atoms with Crippen molar-refractivity contribution >= 4 is 5.78 Å². The van der Waals surface area contributed by atoms with E-state index in [-0.39, 0.29) is 11.2 Å². The van der Waals surface area contributed by atoms with Gasteiger partial charge in [0.05, 0.1) is 11.4 Å². The van der Waals surface area contributed by atoms with Crippen molar-refractivity contribution in [3.8, 4) is 11.3 Å². The molecule has 0 radical (unpaired) electrons. The van der Waals surface area contributed by atoms with Crippen LogP contribution in [0.1, 0.15) is 41.9 Å². The summed E-state index contributed by atoms with van der Waals surface area (Å²) >= 11 is 0. The quantitative estimate of drug-likeness (QED) is 0.773. The highest BCUT2D eigenvalue weighted by atomic mass is 16.1. The molecule has 2 nitrogen and oxygen atoms in total. The summed E-state index contributed by atoms with van der Waals surface area (Å²) < 4.78 is 0. The van der Waals surface area contributed by atoms with Gasteiger partial charge in [-0.05, 0) is 30.4 Å². The standard InChI is InChI=1S/C18H19NO/c1-12-9-14(13-7-5-4-6-8-13)19-15-10-18(2,3)11-16(20)17(12)15/h4-9H,10-11H2,1-3H3. The largest absolute Gasteiger partial charge is 0.294 e. The smallest absolute Gasteiger partial charge is 0.165 e. The first-order valence-corrected chi connectivity index (χ1v) is 7.05. The molecule has 0 saturated carbocycles. The van der Waals surface area contributed by atoms with E-state index < -0.39 is 0 Å². The Bertz CT molecular complexity index is 671. The van der Waals surface area contributed by atoms with Crippen LogP contribution in [0, 0.1) is 12.3 Å². The summed E-state index contributed by atoms with van der Waals surface area (Å²) in [7, 11) is 0. The molecule has 0 saturated heterocycles. The number of benzene rings is 1. The maximum absolute atomic E-state index is 12.3. The Kier molecular flexibility index (Phi) is 2.97. The zero-order valence-electron chi connectivity index (χ0n) is 12.2. The molecule has 2 aromatic rings. The van der Waals surface area contributed by atoms with Crippen molar-refractivity contribution in [2.45, 2.75) is 33.6 Å². The Morgan fingerprint density at radius 2 is 1.80 bits per heavy atom. The Balaban J connectivity index is 2.15. The summed E-state index contributed by atoms with van der Waals surface area (Å²) in [6.45, 7) is 6.29. The summed E-state index contributed by atoms with van der Waals surface area (Å²) in [5.41, 5.74) is 4.95. The predicted octanol–water partition coefficient (Wildman–Crippen LogP) is 4.21. The lowest BCUT2D eigenvalue weighted by Gasteiger charge is -2.30. The molecule has 1 aliphatic carbocycles. The number of Topliss-reactive ketones (excluding diaryl/α,β-unsaturated/α-hetero) is 1. The number of ketones is 1. The molecular formula is C18H19NO. The van der Waals surface area contributed by atoms with Crippen LogP contribution in [0.5, 0.6) is 0 Å². The number of hydrogen-bond donors (Lipinski definition) is 0. The minimum Gasteiger partial charge on any atom is -0.294 e. The average molecular weight is 265 g/mol. The molecule has 0 amide bonds. The molecule has 1 aliphatic rings. The Morgan fingerprint density at radius 1 is 1.10 bits per heavy atom. The highest BCUT2D eigenvalue weighted by Gasteiger charge is 2.33. The third kappa shape index (κ3) is 2.26. The van der Waals surface area contributed by atoms with Crippen LogP contribution in [0.3, 0.4) is 0 Å². The van der Waals surface area contributed by atoms with Gasteiger partial charge < -0.3 is 0 Å². The van der Waals surface area contributed by atoms with Gasteiger partial charge in [0.2, 0.25) is 0 Å². The van der Waals surface area contributed by atoms with Crippen LogP contribution in [0.2, 0.25) is 0 Å². The summed E-state index contributed by atoms with van der Waals surface area (Å²) in [6.07, 6.45) is 1.49. The van der Waals surface area contributed by atoms with E-state index in [0.717, 1.165) is 34.5 Å². The second-order valence-electron chi connectivity index (χ2n) is 6.45. The van der Waals surface area contributed by atoms with E-state index in [9.17, 15) is 4.79 Å². The molecule has 0 fully saturated rings. The first kappa shape index (κ1) is 13.0. The number of carbonyl (C=O) groups excluding carboxylic acids is 1. The van der Waals surface area contributed by atoms with Gasteiger partial charge in [0.25, 0.3) is 0 Å². The topological polar surface area (TPSA) is 30.0 Å². The molecule has 102 valence electrons. The highest BCUT2D eigenvalue weighted by Crippen LogP contribution is 2.36. The molecule has 2 heteroatoms. The predicted molar refractivity (Wildman–Crippen MR) is 80.8 cm³/mol. The molecule has 1 aromatic carbocycles. The van der Waals surface area contributed by atoms with Gasteiger partial charge in [-0.25, -0.2) is 0 Å². The highest BCUT2D eigenvalue weighted by molar-refractivity contribution is 6.00. The maximum atomic E-state index is 12.3. The first-order chi connectivity index (χ1) is 9.46. The first-order valence-electron chi connectivity index (χ1n) is 7.05. The van der Waals surface area contributed by atoms with Crippen LogP contribution in [0.15, 0.2) is 36.4 Å².